The molecule has 2 unspecified atom stereocenters. The van der Waals surface area contributed by atoms with Gasteiger partial charge in [0.1, 0.15) is 0 Å². The summed E-state index contributed by atoms with van der Waals surface area (Å²) in [6.07, 6.45) is 8.05. The Morgan fingerprint density at radius 1 is 1.24 bits per heavy atom. The fourth-order valence-electron chi connectivity index (χ4n) is 5.57. The summed E-state index contributed by atoms with van der Waals surface area (Å²) >= 11 is 0. The summed E-state index contributed by atoms with van der Waals surface area (Å²) in [5.41, 5.74) is 0.263. The van der Waals surface area contributed by atoms with Gasteiger partial charge in [-0.3, -0.25) is 4.79 Å². The lowest BCUT2D eigenvalue weighted by Gasteiger charge is -2.58. The number of nitrogens with zero attached hydrogens (tertiary/aromatic N) is 2. The minimum absolute atomic E-state index is 0.207. The zero-order chi connectivity index (χ0) is 17.1. The first-order valence-electron chi connectivity index (χ1n) is 9.51. The van der Waals surface area contributed by atoms with Crippen molar-refractivity contribution in [3.63, 3.8) is 0 Å². The van der Waals surface area contributed by atoms with Gasteiger partial charge in [-0.15, -0.1) is 5.10 Å². The van der Waals surface area contributed by atoms with Crippen molar-refractivity contribution in [3.8, 4) is 0 Å². The number of aromatic nitrogens is 2. The van der Waals surface area contributed by atoms with Crippen molar-refractivity contribution in [1.29, 1.82) is 0 Å². The summed E-state index contributed by atoms with van der Waals surface area (Å²) < 4.78 is 11.0. The van der Waals surface area contributed by atoms with Crippen LogP contribution in [-0.2, 0) is 9.53 Å². The number of fused-ring (bicyclic) bond motifs is 2. The number of carbonyl (C=O) groups is 1. The number of aryl methyl sites for hydroxylation is 1. The van der Waals surface area contributed by atoms with Crippen molar-refractivity contribution in [2.24, 2.45) is 16.7 Å². The van der Waals surface area contributed by atoms with E-state index >= 15 is 0 Å². The SMILES string of the molecule is Cc1nnc(NCC2CC3(C2)CC(NC(=O)C24CCC(C2)OC4)C3)o1. The zero-order valence-electron chi connectivity index (χ0n) is 14.7. The van der Waals surface area contributed by atoms with Crippen LogP contribution in [0.4, 0.5) is 6.01 Å². The molecule has 3 saturated carbocycles. The standard InChI is InChI=1S/C18H26N4O3/c1-11-21-22-16(25-11)19-9-12-4-17(5-12)6-13(7-17)20-15(23)18-3-2-14(8-18)24-10-18/h12-14H,2-10H2,1H3,(H,19,22)(H,20,23). The maximum atomic E-state index is 12.6. The number of hydrogen-bond acceptors (Lipinski definition) is 6. The number of anilines is 1. The Balaban J connectivity index is 1.05. The Hall–Kier alpha value is -1.63. The molecule has 2 atom stereocenters. The molecular formula is C18H26N4O3. The third kappa shape index (κ3) is 2.63. The van der Waals surface area contributed by atoms with Crippen LogP contribution in [0.15, 0.2) is 4.42 Å². The number of amides is 1. The Morgan fingerprint density at radius 3 is 2.68 bits per heavy atom. The second-order valence-corrected chi connectivity index (χ2v) is 8.82. The van der Waals surface area contributed by atoms with Crippen LogP contribution in [0.1, 0.15) is 50.8 Å². The van der Waals surface area contributed by atoms with Gasteiger partial charge in [0, 0.05) is 19.5 Å². The molecule has 1 aromatic rings. The largest absolute Gasteiger partial charge is 0.408 e. The molecule has 0 aromatic carbocycles. The topological polar surface area (TPSA) is 89.3 Å². The van der Waals surface area contributed by atoms with Crippen molar-refractivity contribution in [3.05, 3.63) is 5.89 Å². The second kappa shape index (κ2) is 5.43. The molecule has 5 rings (SSSR count). The highest BCUT2D eigenvalue weighted by Crippen LogP contribution is 2.59. The summed E-state index contributed by atoms with van der Waals surface area (Å²) in [6.45, 7) is 3.31. The van der Waals surface area contributed by atoms with Gasteiger partial charge in [-0.1, -0.05) is 5.10 Å². The number of hydrogen-bond donors (Lipinski definition) is 2. The van der Waals surface area contributed by atoms with E-state index in [1.165, 1.54) is 12.8 Å². The predicted molar refractivity (Wildman–Crippen MR) is 89.9 cm³/mol. The van der Waals surface area contributed by atoms with Gasteiger partial charge in [0.2, 0.25) is 11.8 Å². The lowest BCUT2D eigenvalue weighted by molar-refractivity contribution is -0.136. The van der Waals surface area contributed by atoms with E-state index < -0.39 is 0 Å². The molecule has 7 heteroatoms. The van der Waals surface area contributed by atoms with Crippen LogP contribution in [0, 0.1) is 23.7 Å². The monoisotopic (exact) mass is 346 g/mol. The summed E-state index contributed by atoms with van der Waals surface area (Å²) in [5.74, 6) is 1.50. The third-order valence-corrected chi connectivity index (χ3v) is 6.85. The van der Waals surface area contributed by atoms with Crippen molar-refractivity contribution in [2.45, 2.75) is 64.0 Å². The van der Waals surface area contributed by atoms with Crippen LogP contribution in [0.3, 0.4) is 0 Å². The van der Waals surface area contributed by atoms with Crippen LogP contribution in [0.5, 0.6) is 0 Å². The summed E-state index contributed by atoms with van der Waals surface area (Å²) in [4.78, 5) is 12.6. The van der Waals surface area contributed by atoms with E-state index in [9.17, 15) is 4.79 Å². The average molecular weight is 346 g/mol. The molecular weight excluding hydrogens is 320 g/mol. The van der Waals surface area contributed by atoms with Gasteiger partial charge in [0.15, 0.2) is 0 Å². The maximum Gasteiger partial charge on any atom is 0.315 e. The maximum absolute atomic E-state index is 12.6. The molecule has 25 heavy (non-hydrogen) atoms. The number of ether oxygens (including phenoxy) is 1. The Bertz CT molecular complexity index is 666. The first kappa shape index (κ1) is 15.6. The number of nitrogens with one attached hydrogen (secondary N) is 2. The fourth-order valence-corrected chi connectivity index (χ4v) is 5.57. The zero-order valence-corrected chi connectivity index (χ0v) is 14.7. The van der Waals surface area contributed by atoms with E-state index in [1.54, 1.807) is 6.92 Å². The Kier molecular flexibility index (Phi) is 3.39. The lowest BCUT2D eigenvalue weighted by Crippen LogP contribution is -2.58. The highest BCUT2D eigenvalue weighted by Gasteiger charge is 2.56. The first-order valence-corrected chi connectivity index (χ1v) is 9.51. The van der Waals surface area contributed by atoms with Crippen LogP contribution in [0.2, 0.25) is 0 Å². The molecule has 1 amide bonds. The van der Waals surface area contributed by atoms with E-state index in [0.717, 1.165) is 38.6 Å². The lowest BCUT2D eigenvalue weighted by atomic mass is 9.50. The fraction of sp³-hybridized carbons (Fsp3) is 0.833. The minimum Gasteiger partial charge on any atom is -0.408 e. The van der Waals surface area contributed by atoms with Crippen molar-refractivity contribution in [1.82, 2.24) is 15.5 Å². The molecule has 2 N–H and O–H groups in total. The third-order valence-electron chi connectivity index (χ3n) is 6.85. The smallest absolute Gasteiger partial charge is 0.315 e. The summed E-state index contributed by atoms with van der Waals surface area (Å²) in [7, 11) is 0. The molecule has 7 nitrogen and oxygen atoms in total. The predicted octanol–water partition coefficient (Wildman–Crippen LogP) is 2.03. The quantitative estimate of drug-likeness (QED) is 0.848. The molecule has 1 saturated heterocycles. The minimum atomic E-state index is -0.207. The molecule has 4 fully saturated rings. The van der Waals surface area contributed by atoms with Crippen LogP contribution >= 0.6 is 0 Å². The second-order valence-electron chi connectivity index (χ2n) is 8.82. The number of carbonyl (C=O) groups excluding carboxylic acids is 1. The molecule has 136 valence electrons. The van der Waals surface area contributed by atoms with Crippen molar-refractivity contribution >= 4 is 11.9 Å². The molecule has 2 bridgehead atoms. The van der Waals surface area contributed by atoms with Gasteiger partial charge in [-0.05, 0) is 56.3 Å². The van der Waals surface area contributed by atoms with Gasteiger partial charge in [-0.25, -0.2) is 0 Å². The van der Waals surface area contributed by atoms with Crippen molar-refractivity contribution in [2.75, 3.05) is 18.5 Å². The van der Waals surface area contributed by atoms with E-state index in [4.69, 9.17) is 9.15 Å². The van der Waals surface area contributed by atoms with Gasteiger partial charge in [0.05, 0.1) is 18.1 Å². The average Bonchev–Trinajstić information content (AvgIpc) is 3.23. The van der Waals surface area contributed by atoms with Crippen LogP contribution in [-0.4, -0.2) is 41.4 Å². The highest BCUT2D eigenvalue weighted by atomic mass is 16.5. The van der Waals surface area contributed by atoms with Crippen LogP contribution < -0.4 is 10.6 Å². The molecule has 1 aliphatic heterocycles. The van der Waals surface area contributed by atoms with Crippen LogP contribution in [0.25, 0.3) is 0 Å². The molecule has 2 heterocycles. The van der Waals surface area contributed by atoms with E-state index in [0.29, 0.717) is 42.0 Å². The highest BCUT2D eigenvalue weighted by molar-refractivity contribution is 5.84. The van der Waals surface area contributed by atoms with Gasteiger partial charge >= 0.3 is 6.01 Å². The Labute approximate surface area is 147 Å². The molecule has 4 aliphatic rings. The summed E-state index contributed by atoms with van der Waals surface area (Å²) in [6, 6.07) is 0.888. The molecule has 1 aromatic heterocycles. The van der Waals surface area contributed by atoms with Gasteiger partial charge in [-0.2, -0.15) is 0 Å². The molecule has 1 spiro atoms. The van der Waals surface area contributed by atoms with E-state index in [-0.39, 0.29) is 11.3 Å². The molecule has 0 radical (unpaired) electrons. The van der Waals surface area contributed by atoms with E-state index in [2.05, 4.69) is 20.8 Å². The van der Waals surface area contributed by atoms with Crippen molar-refractivity contribution < 1.29 is 13.9 Å². The van der Waals surface area contributed by atoms with E-state index in [1.807, 2.05) is 0 Å². The van der Waals surface area contributed by atoms with Gasteiger partial charge in [0.25, 0.3) is 0 Å². The molecule has 3 aliphatic carbocycles. The first-order chi connectivity index (χ1) is 12.0. The van der Waals surface area contributed by atoms with Gasteiger partial charge < -0.3 is 19.8 Å². The normalized spacial score (nSPS) is 41.4. The Morgan fingerprint density at radius 2 is 2.08 bits per heavy atom. The summed E-state index contributed by atoms with van der Waals surface area (Å²) in [5, 5.41) is 14.3. The number of rotatable bonds is 5.